The normalized spacial score (nSPS) is 14.0. The zero-order valence-corrected chi connectivity index (χ0v) is 14.4. The van der Waals surface area contributed by atoms with Crippen LogP contribution in [0.1, 0.15) is 22.3 Å². The van der Waals surface area contributed by atoms with E-state index in [0.29, 0.717) is 31.3 Å². The van der Waals surface area contributed by atoms with Gasteiger partial charge in [0.15, 0.2) is 12.8 Å². The minimum absolute atomic E-state index is 0.186. The second-order valence-corrected chi connectivity index (χ2v) is 6.18. The highest BCUT2D eigenvalue weighted by molar-refractivity contribution is 5.92. The van der Waals surface area contributed by atoms with Gasteiger partial charge in [-0.25, -0.2) is 4.39 Å². The van der Waals surface area contributed by atoms with Crippen LogP contribution in [0.3, 0.4) is 0 Å². The van der Waals surface area contributed by atoms with Gasteiger partial charge in [-0.05, 0) is 61.2 Å². The summed E-state index contributed by atoms with van der Waals surface area (Å²) in [5.74, 6) is 0.733. The molecule has 3 rings (SSSR count). The Morgan fingerprint density at radius 2 is 1.96 bits per heavy atom. The van der Waals surface area contributed by atoms with Crippen LogP contribution in [0.25, 0.3) is 0 Å². The Balaban J connectivity index is 1.65. The first kappa shape index (κ1) is 17.2. The quantitative estimate of drug-likeness (QED) is 0.660. The number of hydrogen-bond acceptors (Lipinski definition) is 3. The van der Waals surface area contributed by atoms with Gasteiger partial charge in [0.1, 0.15) is 11.6 Å². The highest BCUT2D eigenvalue weighted by Crippen LogP contribution is 2.29. The molecule has 0 radical (unpaired) electrons. The van der Waals surface area contributed by atoms with Crippen LogP contribution >= 0.6 is 0 Å². The molecule has 5 nitrogen and oxygen atoms in total. The van der Waals surface area contributed by atoms with Crippen molar-refractivity contribution in [1.29, 1.82) is 0 Å². The molecule has 0 aromatic heterocycles. The van der Waals surface area contributed by atoms with E-state index in [1.165, 1.54) is 12.1 Å². The summed E-state index contributed by atoms with van der Waals surface area (Å²) in [4.78, 5) is 4.33. The molecule has 2 aromatic rings. The smallest absolute Gasteiger partial charge is 0.193 e. The van der Waals surface area contributed by atoms with Crippen LogP contribution in [-0.2, 0) is 17.8 Å². The Morgan fingerprint density at radius 3 is 2.72 bits per heavy atom. The van der Waals surface area contributed by atoms with Crippen molar-refractivity contribution in [2.24, 2.45) is 10.7 Å². The third kappa shape index (κ3) is 4.48. The van der Waals surface area contributed by atoms with Gasteiger partial charge in [0.25, 0.3) is 0 Å². The number of anilines is 1. The number of aryl methyl sites for hydroxylation is 2. The molecule has 1 aliphatic heterocycles. The molecule has 0 unspecified atom stereocenters. The van der Waals surface area contributed by atoms with Gasteiger partial charge in [-0.15, -0.1) is 0 Å². The van der Waals surface area contributed by atoms with Gasteiger partial charge in [0.05, 0.1) is 6.61 Å². The Hall–Kier alpha value is -2.60. The lowest BCUT2D eigenvalue weighted by molar-refractivity contribution is -0.0172. The van der Waals surface area contributed by atoms with Crippen LogP contribution in [0.2, 0.25) is 0 Å². The largest absolute Gasteiger partial charge is 0.467 e. The topological polar surface area (TPSA) is 68.9 Å². The van der Waals surface area contributed by atoms with E-state index in [-0.39, 0.29) is 12.6 Å². The number of aliphatic imine (C=N–C) groups is 1. The van der Waals surface area contributed by atoms with Crippen molar-refractivity contribution in [3.8, 4) is 5.75 Å². The van der Waals surface area contributed by atoms with Crippen molar-refractivity contribution in [1.82, 2.24) is 0 Å². The second kappa shape index (κ2) is 7.53. The van der Waals surface area contributed by atoms with Crippen molar-refractivity contribution < 1.29 is 13.9 Å². The summed E-state index contributed by atoms with van der Waals surface area (Å²) in [6, 6.07) is 9.03. The molecule has 132 valence electrons. The molecular weight excluding hydrogens is 321 g/mol. The first-order chi connectivity index (χ1) is 12.0. The van der Waals surface area contributed by atoms with E-state index in [9.17, 15) is 4.39 Å². The fraction of sp³-hybridized carbons (Fsp3) is 0.316. The molecule has 2 aromatic carbocycles. The predicted octanol–water partition coefficient (Wildman–Crippen LogP) is 3.28. The number of guanidine groups is 1. The summed E-state index contributed by atoms with van der Waals surface area (Å²) in [5, 5.41) is 3.09. The summed E-state index contributed by atoms with van der Waals surface area (Å²) >= 11 is 0. The zero-order valence-electron chi connectivity index (χ0n) is 14.4. The molecule has 0 bridgehead atoms. The molecule has 1 heterocycles. The summed E-state index contributed by atoms with van der Waals surface area (Å²) in [6.45, 7) is 5.04. The van der Waals surface area contributed by atoms with Crippen molar-refractivity contribution in [3.63, 3.8) is 0 Å². The van der Waals surface area contributed by atoms with Crippen LogP contribution in [0.15, 0.2) is 35.3 Å². The molecule has 0 atom stereocenters. The van der Waals surface area contributed by atoms with Crippen LogP contribution in [0.4, 0.5) is 10.1 Å². The maximum Gasteiger partial charge on any atom is 0.193 e. The molecule has 0 amide bonds. The summed E-state index contributed by atoms with van der Waals surface area (Å²) in [7, 11) is 0. The average molecular weight is 343 g/mol. The summed E-state index contributed by atoms with van der Waals surface area (Å²) in [5.41, 5.74) is 10.7. The minimum atomic E-state index is -0.298. The first-order valence-corrected chi connectivity index (χ1v) is 8.18. The lowest BCUT2D eigenvalue weighted by Crippen LogP contribution is -2.23. The number of nitrogens with two attached hydrogens (primary N) is 1. The number of benzene rings is 2. The number of fused-ring (bicyclic) bond motifs is 1. The van der Waals surface area contributed by atoms with E-state index in [1.54, 1.807) is 0 Å². The van der Waals surface area contributed by atoms with Gasteiger partial charge in [-0.3, -0.25) is 4.99 Å². The molecule has 0 fully saturated rings. The Bertz CT molecular complexity index is 785. The standard InChI is InChI=1S/C19H22FN3O2/c1-12-5-13(2)7-17(6-12)23-19(21)22-4-3-14-8-16(20)9-15-10-24-11-25-18(14)15/h5-9H,3-4,10-11H2,1-2H3,(H3,21,22,23). The summed E-state index contributed by atoms with van der Waals surface area (Å²) < 4.78 is 24.4. The van der Waals surface area contributed by atoms with E-state index >= 15 is 0 Å². The van der Waals surface area contributed by atoms with Crippen molar-refractivity contribution in [3.05, 3.63) is 58.4 Å². The Labute approximate surface area is 146 Å². The second-order valence-electron chi connectivity index (χ2n) is 6.18. The third-order valence-corrected chi connectivity index (χ3v) is 3.91. The Kier molecular flexibility index (Phi) is 5.19. The number of ether oxygens (including phenoxy) is 2. The molecule has 1 aliphatic rings. The van der Waals surface area contributed by atoms with Crippen molar-refractivity contribution in [2.45, 2.75) is 26.9 Å². The van der Waals surface area contributed by atoms with Crippen LogP contribution in [-0.4, -0.2) is 19.3 Å². The highest BCUT2D eigenvalue weighted by Gasteiger charge is 2.16. The maximum absolute atomic E-state index is 13.7. The lowest BCUT2D eigenvalue weighted by Gasteiger charge is -2.20. The first-order valence-electron chi connectivity index (χ1n) is 8.18. The fourth-order valence-electron chi connectivity index (χ4n) is 2.97. The number of nitrogens with zero attached hydrogens (tertiary/aromatic N) is 1. The minimum Gasteiger partial charge on any atom is -0.467 e. The van der Waals surface area contributed by atoms with Crippen LogP contribution in [0, 0.1) is 19.7 Å². The highest BCUT2D eigenvalue weighted by atomic mass is 19.1. The van der Waals surface area contributed by atoms with Gasteiger partial charge >= 0.3 is 0 Å². The molecule has 0 aliphatic carbocycles. The van der Waals surface area contributed by atoms with Crippen molar-refractivity contribution >= 4 is 11.6 Å². The number of rotatable bonds is 4. The van der Waals surface area contributed by atoms with Gasteiger partial charge in [0.2, 0.25) is 0 Å². The average Bonchev–Trinajstić information content (AvgIpc) is 2.53. The lowest BCUT2D eigenvalue weighted by atomic mass is 10.1. The fourth-order valence-corrected chi connectivity index (χ4v) is 2.97. The number of nitrogens with one attached hydrogen (secondary N) is 1. The molecule has 25 heavy (non-hydrogen) atoms. The van der Waals surface area contributed by atoms with Gasteiger partial charge in [-0.2, -0.15) is 0 Å². The Morgan fingerprint density at radius 1 is 1.20 bits per heavy atom. The molecule has 6 heteroatoms. The summed E-state index contributed by atoms with van der Waals surface area (Å²) in [6.07, 6.45) is 0.537. The van der Waals surface area contributed by atoms with Crippen LogP contribution in [0.5, 0.6) is 5.75 Å². The van der Waals surface area contributed by atoms with E-state index in [1.807, 2.05) is 26.0 Å². The van der Waals surface area contributed by atoms with Gasteiger partial charge in [0, 0.05) is 17.8 Å². The maximum atomic E-state index is 13.7. The molecule has 0 spiro atoms. The van der Waals surface area contributed by atoms with E-state index < -0.39 is 0 Å². The monoisotopic (exact) mass is 343 g/mol. The van der Waals surface area contributed by atoms with Crippen molar-refractivity contribution in [2.75, 3.05) is 18.7 Å². The molecule has 0 saturated carbocycles. The van der Waals surface area contributed by atoms with E-state index in [0.717, 1.165) is 27.9 Å². The van der Waals surface area contributed by atoms with E-state index in [2.05, 4.69) is 16.4 Å². The molecular formula is C19H22FN3O2. The predicted molar refractivity (Wildman–Crippen MR) is 96.4 cm³/mol. The molecule has 3 N–H and O–H groups in total. The van der Waals surface area contributed by atoms with Crippen LogP contribution < -0.4 is 15.8 Å². The van der Waals surface area contributed by atoms with Gasteiger partial charge in [-0.1, -0.05) is 6.07 Å². The molecule has 0 saturated heterocycles. The zero-order chi connectivity index (χ0) is 17.8. The van der Waals surface area contributed by atoms with E-state index in [4.69, 9.17) is 15.2 Å². The number of hydrogen-bond donors (Lipinski definition) is 2. The SMILES string of the molecule is Cc1cc(C)cc(NC(N)=NCCc2cc(F)cc3c2OCOC3)c1. The third-order valence-electron chi connectivity index (χ3n) is 3.91. The number of halogens is 1. The van der Waals surface area contributed by atoms with Gasteiger partial charge < -0.3 is 20.5 Å².